The number of methoxy groups -OCH3 is 1. The maximum atomic E-state index is 12.6. The topological polar surface area (TPSA) is 67.4 Å². The number of nitrogens with one attached hydrogen (secondary N) is 2. The molecule has 1 heterocycles. The number of benzene rings is 1. The van der Waals surface area contributed by atoms with Gasteiger partial charge in [0.15, 0.2) is 0 Å². The standard InChI is InChI=1S/C20H28N2O3/c1-13-7-9-20(25-4,10-8-13)12-21-17(23)14-5-6-15-16(11-14)22-18(24)19(15,2)3/h5-6,11,13H,7-10,12H2,1-4H3,(H,21,23)(H,22,24). The zero-order valence-corrected chi connectivity index (χ0v) is 15.6. The Morgan fingerprint density at radius 2 is 2.00 bits per heavy atom. The maximum Gasteiger partial charge on any atom is 0.251 e. The van der Waals surface area contributed by atoms with E-state index in [1.807, 2.05) is 19.9 Å². The van der Waals surface area contributed by atoms with Crippen molar-refractivity contribution in [3.8, 4) is 0 Å². The number of carbonyl (C=O) groups is 2. The Morgan fingerprint density at radius 1 is 1.32 bits per heavy atom. The van der Waals surface area contributed by atoms with E-state index in [4.69, 9.17) is 4.74 Å². The fourth-order valence-corrected chi connectivity index (χ4v) is 3.82. The largest absolute Gasteiger partial charge is 0.376 e. The lowest BCUT2D eigenvalue weighted by molar-refractivity contribution is -0.119. The van der Waals surface area contributed by atoms with Crippen LogP contribution >= 0.6 is 0 Å². The monoisotopic (exact) mass is 344 g/mol. The van der Waals surface area contributed by atoms with Crippen molar-refractivity contribution in [1.29, 1.82) is 0 Å². The predicted molar refractivity (Wildman–Crippen MR) is 97.8 cm³/mol. The Labute approximate surface area is 149 Å². The fourth-order valence-electron chi connectivity index (χ4n) is 3.82. The predicted octanol–water partition coefficient (Wildman–Crippen LogP) is 3.24. The van der Waals surface area contributed by atoms with Crippen molar-refractivity contribution < 1.29 is 14.3 Å². The Morgan fingerprint density at radius 3 is 2.64 bits per heavy atom. The Hall–Kier alpha value is -1.88. The lowest BCUT2D eigenvalue weighted by Crippen LogP contribution is -2.46. The van der Waals surface area contributed by atoms with Crippen LogP contribution in [0.15, 0.2) is 18.2 Å². The lowest BCUT2D eigenvalue weighted by atomic mass is 9.79. The van der Waals surface area contributed by atoms with Gasteiger partial charge in [-0.15, -0.1) is 0 Å². The highest BCUT2D eigenvalue weighted by Gasteiger charge is 2.39. The summed E-state index contributed by atoms with van der Waals surface area (Å²) in [5.74, 6) is 0.564. The Balaban J connectivity index is 1.68. The van der Waals surface area contributed by atoms with Crippen LogP contribution in [0.25, 0.3) is 0 Å². The van der Waals surface area contributed by atoms with Gasteiger partial charge in [-0.2, -0.15) is 0 Å². The van der Waals surface area contributed by atoms with E-state index < -0.39 is 5.41 Å². The smallest absolute Gasteiger partial charge is 0.251 e. The van der Waals surface area contributed by atoms with Gasteiger partial charge in [-0.25, -0.2) is 0 Å². The first-order valence-corrected chi connectivity index (χ1v) is 9.07. The summed E-state index contributed by atoms with van der Waals surface area (Å²) in [7, 11) is 1.73. The summed E-state index contributed by atoms with van der Waals surface area (Å²) in [4.78, 5) is 24.6. The number of hydrogen-bond donors (Lipinski definition) is 2. The maximum absolute atomic E-state index is 12.6. The summed E-state index contributed by atoms with van der Waals surface area (Å²) < 4.78 is 5.76. The van der Waals surface area contributed by atoms with Gasteiger partial charge >= 0.3 is 0 Å². The molecule has 5 nitrogen and oxygen atoms in total. The molecular weight excluding hydrogens is 316 g/mol. The molecule has 2 aliphatic rings. The molecule has 1 saturated carbocycles. The van der Waals surface area contributed by atoms with Crippen LogP contribution in [0.3, 0.4) is 0 Å². The van der Waals surface area contributed by atoms with Crippen LogP contribution in [0.4, 0.5) is 5.69 Å². The van der Waals surface area contributed by atoms with E-state index in [-0.39, 0.29) is 17.4 Å². The molecule has 1 aromatic rings. The molecule has 25 heavy (non-hydrogen) atoms. The van der Waals surface area contributed by atoms with Crippen LogP contribution in [0.2, 0.25) is 0 Å². The van der Waals surface area contributed by atoms with E-state index in [9.17, 15) is 9.59 Å². The molecule has 1 aromatic carbocycles. The molecule has 0 unspecified atom stereocenters. The van der Waals surface area contributed by atoms with Crippen molar-refractivity contribution in [3.05, 3.63) is 29.3 Å². The second-order valence-electron chi connectivity index (χ2n) is 8.09. The van der Waals surface area contributed by atoms with Crippen LogP contribution in [0.1, 0.15) is 62.4 Å². The molecule has 2 N–H and O–H groups in total. The molecule has 2 amide bonds. The third-order valence-corrected chi connectivity index (χ3v) is 5.96. The number of fused-ring (bicyclic) bond motifs is 1. The average molecular weight is 344 g/mol. The van der Waals surface area contributed by atoms with Crippen LogP contribution in [0, 0.1) is 5.92 Å². The van der Waals surface area contributed by atoms with Gasteiger partial charge in [0.2, 0.25) is 5.91 Å². The van der Waals surface area contributed by atoms with Crippen LogP contribution in [0.5, 0.6) is 0 Å². The molecule has 0 radical (unpaired) electrons. The number of carbonyl (C=O) groups excluding carboxylic acids is 2. The van der Waals surface area contributed by atoms with Gasteiger partial charge in [-0.3, -0.25) is 9.59 Å². The van der Waals surface area contributed by atoms with Crippen LogP contribution < -0.4 is 10.6 Å². The SMILES string of the molecule is COC1(CNC(=O)c2ccc3c(c2)NC(=O)C3(C)C)CCC(C)CC1. The van der Waals surface area contributed by atoms with E-state index in [1.54, 1.807) is 19.2 Å². The first kappa shape index (κ1) is 17.9. The van der Waals surface area contributed by atoms with Crippen molar-refractivity contribution in [3.63, 3.8) is 0 Å². The van der Waals surface area contributed by atoms with Crippen molar-refractivity contribution in [2.45, 2.75) is 57.5 Å². The lowest BCUT2D eigenvalue weighted by Gasteiger charge is -2.38. The summed E-state index contributed by atoms with van der Waals surface area (Å²) in [6.45, 7) is 6.56. The van der Waals surface area contributed by atoms with Gasteiger partial charge in [0, 0.05) is 24.9 Å². The Kier molecular flexibility index (Phi) is 4.62. The zero-order valence-electron chi connectivity index (χ0n) is 15.6. The summed E-state index contributed by atoms with van der Waals surface area (Å²) >= 11 is 0. The van der Waals surface area contributed by atoms with E-state index in [0.29, 0.717) is 12.1 Å². The van der Waals surface area contributed by atoms with Crippen LogP contribution in [-0.4, -0.2) is 31.1 Å². The zero-order chi connectivity index (χ0) is 18.2. The van der Waals surface area contributed by atoms with Crippen molar-refractivity contribution in [2.24, 2.45) is 5.92 Å². The van der Waals surface area contributed by atoms with Gasteiger partial charge in [0.25, 0.3) is 5.91 Å². The first-order chi connectivity index (χ1) is 11.8. The molecule has 3 rings (SSSR count). The quantitative estimate of drug-likeness (QED) is 0.881. The molecule has 0 saturated heterocycles. The molecule has 0 spiro atoms. The van der Waals surface area contributed by atoms with Gasteiger partial charge in [0.1, 0.15) is 0 Å². The molecule has 1 aliphatic heterocycles. The van der Waals surface area contributed by atoms with Crippen molar-refractivity contribution in [1.82, 2.24) is 5.32 Å². The number of amides is 2. The van der Waals surface area contributed by atoms with Gasteiger partial charge in [0.05, 0.1) is 11.0 Å². The number of ether oxygens (including phenoxy) is 1. The second-order valence-corrected chi connectivity index (χ2v) is 8.09. The van der Waals surface area contributed by atoms with E-state index in [0.717, 1.165) is 42.9 Å². The van der Waals surface area contributed by atoms with Gasteiger partial charge in [-0.05, 0) is 63.1 Å². The molecule has 1 aliphatic carbocycles. The molecule has 0 bridgehead atoms. The fraction of sp³-hybridized carbons (Fsp3) is 0.600. The van der Waals surface area contributed by atoms with Crippen molar-refractivity contribution in [2.75, 3.05) is 19.0 Å². The molecule has 0 aromatic heterocycles. The first-order valence-electron chi connectivity index (χ1n) is 9.07. The molecule has 5 heteroatoms. The van der Waals surface area contributed by atoms with Crippen molar-refractivity contribution >= 4 is 17.5 Å². The number of rotatable bonds is 4. The number of hydrogen-bond acceptors (Lipinski definition) is 3. The molecule has 136 valence electrons. The number of anilines is 1. The second kappa shape index (κ2) is 6.45. The summed E-state index contributed by atoms with van der Waals surface area (Å²) in [5.41, 5.74) is 1.42. The van der Waals surface area contributed by atoms with Gasteiger partial charge in [-0.1, -0.05) is 13.0 Å². The minimum Gasteiger partial charge on any atom is -0.376 e. The molecule has 0 atom stereocenters. The van der Waals surface area contributed by atoms with E-state index in [2.05, 4.69) is 17.6 Å². The molecule has 1 fully saturated rings. The van der Waals surface area contributed by atoms with Gasteiger partial charge < -0.3 is 15.4 Å². The third-order valence-electron chi connectivity index (χ3n) is 5.96. The minimum atomic E-state index is -0.552. The highest BCUT2D eigenvalue weighted by molar-refractivity contribution is 6.07. The Bertz CT molecular complexity index is 688. The average Bonchev–Trinajstić information content (AvgIpc) is 2.83. The molecular formula is C20H28N2O3. The highest BCUT2D eigenvalue weighted by Crippen LogP contribution is 2.38. The van der Waals surface area contributed by atoms with E-state index >= 15 is 0 Å². The summed E-state index contributed by atoms with van der Waals surface area (Å²) in [5, 5.41) is 5.89. The third kappa shape index (κ3) is 3.30. The normalized spacial score (nSPS) is 27.5. The van der Waals surface area contributed by atoms with E-state index in [1.165, 1.54) is 0 Å². The van der Waals surface area contributed by atoms with Crippen LogP contribution in [-0.2, 0) is 14.9 Å². The summed E-state index contributed by atoms with van der Waals surface area (Å²) in [6, 6.07) is 5.43. The highest BCUT2D eigenvalue weighted by atomic mass is 16.5. The minimum absolute atomic E-state index is 0.0327. The summed E-state index contributed by atoms with van der Waals surface area (Å²) in [6.07, 6.45) is 4.20.